The number of nitrogens with zero attached hydrogens (tertiary/aromatic N) is 1. The summed E-state index contributed by atoms with van der Waals surface area (Å²) >= 11 is 0. The first-order chi connectivity index (χ1) is 12.0. The highest BCUT2D eigenvalue weighted by Crippen LogP contribution is 2.15. The van der Waals surface area contributed by atoms with Gasteiger partial charge in [0.05, 0.1) is 0 Å². The SMILES string of the molecule is Cc1cc(=O)c(C(=O)N[C@H]2CCCN(Cc3ccccc3)C2=O)c[nH]1. The Bertz CT molecular complexity index is 829. The normalized spacial score (nSPS) is 17.4. The molecule has 130 valence electrons. The van der Waals surface area contributed by atoms with Gasteiger partial charge in [0.15, 0.2) is 5.43 Å². The van der Waals surface area contributed by atoms with Crippen LogP contribution in [0.15, 0.2) is 47.4 Å². The number of carbonyl (C=O) groups excluding carboxylic acids is 2. The molecule has 0 spiro atoms. The molecule has 0 aliphatic carbocycles. The Balaban J connectivity index is 1.68. The molecular weight excluding hydrogens is 318 g/mol. The molecule has 6 heteroatoms. The topological polar surface area (TPSA) is 82.3 Å². The quantitative estimate of drug-likeness (QED) is 0.888. The number of rotatable bonds is 4. The molecule has 6 nitrogen and oxygen atoms in total. The molecule has 0 bridgehead atoms. The van der Waals surface area contributed by atoms with Gasteiger partial charge >= 0.3 is 0 Å². The summed E-state index contributed by atoms with van der Waals surface area (Å²) in [5.41, 5.74) is 1.42. The number of carbonyl (C=O) groups is 2. The molecule has 1 saturated heterocycles. The van der Waals surface area contributed by atoms with E-state index < -0.39 is 11.9 Å². The standard InChI is InChI=1S/C19H21N3O3/c1-13-10-17(23)15(11-20-13)18(24)21-16-8-5-9-22(19(16)25)12-14-6-3-2-4-7-14/h2-4,6-7,10-11,16H,5,8-9,12H2,1H3,(H,20,23)(H,21,24)/t16-/m0/s1. The molecular formula is C19H21N3O3. The van der Waals surface area contributed by atoms with E-state index >= 15 is 0 Å². The van der Waals surface area contributed by atoms with E-state index in [0.29, 0.717) is 25.2 Å². The number of nitrogens with one attached hydrogen (secondary N) is 2. The fourth-order valence-corrected chi connectivity index (χ4v) is 3.02. The third-order valence-corrected chi connectivity index (χ3v) is 4.35. The van der Waals surface area contributed by atoms with E-state index in [0.717, 1.165) is 12.0 Å². The summed E-state index contributed by atoms with van der Waals surface area (Å²) in [6, 6.07) is 10.5. The lowest BCUT2D eigenvalue weighted by molar-refractivity contribution is -0.136. The van der Waals surface area contributed by atoms with Crippen molar-refractivity contribution in [1.29, 1.82) is 0 Å². The molecule has 2 N–H and O–H groups in total. The van der Waals surface area contributed by atoms with Crippen LogP contribution in [0.5, 0.6) is 0 Å². The zero-order chi connectivity index (χ0) is 17.8. The van der Waals surface area contributed by atoms with Crippen LogP contribution in [-0.2, 0) is 11.3 Å². The van der Waals surface area contributed by atoms with Crippen LogP contribution < -0.4 is 10.7 Å². The van der Waals surface area contributed by atoms with Crippen molar-refractivity contribution in [2.45, 2.75) is 32.4 Å². The van der Waals surface area contributed by atoms with E-state index in [-0.39, 0.29) is 16.9 Å². The first-order valence-electron chi connectivity index (χ1n) is 8.37. The molecule has 1 aromatic carbocycles. The van der Waals surface area contributed by atoms with Gasteiger partial charge < -0.3 is 15.2 Å². The van der Waals surface area contributed by atoms with Crippen molar-refractivity contribution >= 4 is 11.8 Å². The van der Waals surface area contributed by atoms with Crippen LogP contribution in [0.3, 0.4) is 0 Å². The molecule has 2 amide bonds. The molecule has 0 unspecified atom stereocenters. The first-order valence-corrected chi connectivity index (χ1v) is 8.37. The number of hydrogen-bond acceptors (Lipinski definition) is 3. The molecule has 0 radical (unpaired) electrons. The molecule has 0 saturated carbocycles. The molecule has 1 atom stereocenters. The third kappa shape index (κ3) is 3.96. The van der Waals surface area contributed by atoms with Crippen molar-refractivity contribution in [3.8, 4) is 0 Å². The summed E-state index contributed by atoms with van der Waals surface area (Å²) in [5.74, 6) is -0.617. The molecule has 3 rings (SSSR count). The number of aromatic amines is 1. The fourth-order valence-electron chi connectivity index (χ4n) is 3.02. The van der Waals surface area contributed by atoms with Crippen molar-refractivity contribution in [3.05, 3.63) is 69.6 Å². The van der Waals surface area contributed by atoms with Crippen LogP contribution in [-0.4, -0.2) is 34.3 Å². The predicted octanol–water partition coefficient (Wildman–Crippen LogP) is 1.60. The average Bonchev–Trinajstić information content (AvgIpc) is 2.59. The Morgan fingerprint density at radius 3 is 2.76 bits per heavy atom. The highest BCUT2D eigenvalue weighted by Gasteiger charge is 2.30. The number of amides is 2. The lowest BCUT2D eigenvalue weighted by Crippen LogP contribution is -2.52. The maximum absolute atomic E-state index is 12.7. The largest absolute Gasteiger partial charge is 0.364 e. The van der Waals surface area contributed by atoms with Gasteiger partial charge in [0.25, 0.3) is 5.91 Å². The van der Waals surface area contributed by atoms with Gasteiger partial charge in [0.1, 0.15) is 11.6 Å². The predicted molar refractivity (Wildman–Crippen MR) is 94.1 cm³/mol. The smallest absolute Gasteiger partial charge is 0.257 e. The molecule has 1 fully saturated rings. The molecule has 25 heavy (non-hydrogen) atoms. The van der Waals surface area contributed by atoms with Gasteiger partial charge in [0.2, 0.25) is 5.91 Å². The summed E-state index contributed by atoms with van der Waals surface area (Å²) in [5, 5.41) is 2.71. The van der Waals surface area contributed by atoms with Crippen LogP contribution in [0.1, 0.15) is 34.5 Å². The number of pyridine rings is 1. The minimum absolute atomic E-state index is 0.0265. The van der Waals surface area contributed by atoms with E-state index in [1.807, 2.05) is 30.3 Å². The first kappa shape index (κ1) is 17.0. The van der Waals surface area contributed by atoms with Crippen molar-refractivity contribution < 1.29 is 9.59 Å². The van der Waals surface area contributed by atoms with Crippen LogP contribution in [0.2, 0.25) is 0 Å². The zero-order valence-electron chi connectivity index (χ0n) is 14.1. The Labute approximate surface area is 145 Å². The van der Waals surface area contributed by atoms with Crippen LogP contribution in [0, 0.1) is 6.92 Å². The number of piperidine rings is 1. The second-order valence-electron chi connectivity index (χ2n) is 6.31. The lowest BCUT2D eigenvalue weighted by atomic mass is 10.0. The van der Waals surface area contributed by atoms with E-state index in [4.69, 9.17) is 0 Å². The van der Waals surface area contributed by atoms with Gasteiger partial charge in [0, 0.05) is 31.0 Å². The summed E-state index contributed by atoms with van der Waals surface area (Å²) in [6.07, 6.45) is 2.79. The van der Waals surface area contributed by atoms with Crippen LogP contribution >= 0.6 is 0 Å². The fraction of sp³-hybridized carbons (Fsp3) is 0.316. The van der Waals surface area contributed by atoms with Crippen molar-refractivity contribution in [2.75, 3.05) is 6.54 Å². The molecule has 2 heterocycles. The molecule has 1 aromatic heterocycles. The molecule has 2 aromatic rings. The zero-order valence-corrected chi connectivity index (χ0v) is 14.1. The van der Waals surface area contributed by atoms with E-state index in [9.17, 15) is 14.4 Å². The maximum atomic E-state index is 12.7. The Hall–Kier alpha value is -2.89. The van der Waals surface area contributed by atoms with Crippen LogP contribution in [0.4, 0.5) is 0 Å². The Morgan fingerprint density at radius 1 is 1.28 bits per heavy atom. The second kappa shape index (κ2) is 7.34. The van der Waals surface area contributed by atoms with Gasteiger partial charge in [-0.2, -0.15) is 0 Å². The Morgan fingerprint density at radius 2 is 2.04 bits per heavy atom. The average molecular weight is 339 g/mol. The minimum atomic E-state index is -0.592. The highest BCUT2D eigenvalue weighted by molar-refractivity contribution is 5.97. The molecule has 1 aliphatic rings. The third-order valence-electron chi connectivity index (χ3n) is 4.35. The van der Waals surface area contributed by atoms with Gasteiger partial charge in [-0.15, -0.1) is 0 Å². The summed E-state index contributed by atoms with van der Waals surface area (Å²) in [4.78, 5) is 41.6. The number of aromatic nitrogens is 1. The van der Waals surface area contributed by atoms with Crippen molar-refractivity contribution in [1.82, 2.24) is 15.2 Å². The monoisotopic (exact) mass is 339 g/mol. The van der Waals surface area contributed by atoms with Crippen molar-refractivity contribution in [3.63, 3.8) is 0 Å². The summed E-state index contributed by atoms with van der Waals surface area (Å²) < 4.78 is 0. The highest BCUT2D eigenvalue weighted by atomic mass is 16.2. The number of H-pyrrole nitrogens is 1. The Kier molecular flexibility index (Phi) is 4.97. The number of hydrogen-bond donors (Lipinski definition) is 2. The number of aryl methyl sites for hydroxylation is 1. The lowest BCUT2D eigenvalue weighted by Gasteiger charge is -2.32. The van der Waals surface area contributed by atoms with Gasteiger partial charge in [-0.1, -0.05) is 30.3 Å². The van der Waals surface area contributed by atoms with Crippen LogP contribution in [0.25, 0.3) is 0 Å². The maximum Gasteiger partial charge on any atom is 0.257 e. The van der Waals surface area contributed by atoms with Gasteiger partial charge in [-0.05, 0) is 25.3 Å². The number of benzene rings is 1. The number of likely N-dealkylation sites (tertiary alicyclic amines) is 1. The van der Waals surface area contributed by atoms with E-state index in [1.54, 1.807) is 11.8 Å². The second-order valence-corrected chi connectivity index (χ2v) is 6.31. The van der Waals surface area contributed by atoms with E-state index in [2.05, 4.69) is 10.3 Å². The van der Waals surface area contributed by atoms with E-state index in [1.165, 1.54) is 12.3 Å². The summed E-state index contributed by atoms with van der Waals surface area (Å²) in [6.45, 7) is 2.94. The van der Waals surface area contributed by atoms with Crippen molar-refractivity contribution in [2.24, 2.45) is 0 Å². The van der Waals surface area contributed by atoms with Gasteiger partial charge in [-0.3, -0.25) is 14.4 Å². The van der Waals surface area contributed by atoms with Gasteiger partial charge in [-0.25, -0.2) is 0 Å². The minimum Gasteiger partial charge on any atom is -0.364 e. The summed E-state index contributed by atoms with van der Waals surface area (Å²) in [7, 11) is 0. The molecule has 1 aliphatic heterocycles.